The molecule has 1 rings (SSSR count). The van der Waals surface area contributed by atoms with Gasteiger partial charge in [-0.25, -0.2) is 4.39 Å². The number of Topliss-reactive ketones (excluding diaryl/α,β-unsaturated/α-hetero) is 1. The van der Waals surface area contributed by atoms with E-state index in [0.29, 0.717) is 5.75 Å². The topological polar surface area (TPSA) is 35.5 Å². The summed E-state index contributed by atoms with van der Waals surface area (Å²) in [6, 6.07) is 5.37. The Morgan fingerprint density at radius 2 is 1.93 bits per heavy atom. The maximum Gasteiger partial charge on any atom is 0.259 e. The van der Waals surface area contributed by atoms with Gasteiger partial charge in [0.25, 0.3) is 6.29 Å². The first kappa shape index (κ1) is 10.7. The van der Waals surface area contributed by atoms with Gasteiger partial charge in [0.1, 0.15) is 11.6 Å². The van der Waals surface area contributed by atoms with Gasteiger partial charge >= 0.3 is 0 Å². The number of ether oxygens (including phenoxy) is 2. The fourth-order valence-electron chi connectivity index (χ4n) is 0.934. The fraction of sp³-hybridized carbons (Fsp3) is 0.300. The molecule has 0 radical (unpaired) electrons. The van der Waals surface area contributed by atoms with Gasteiger partial charge in [0.15, 0.2) is 5.78 Å². The Labute approximate surface area is 81.4 Å². The average Bonchev–Trinajstić information content (AvgIpc) is 2.16. The summed E-state index contributed by atoms with van der Waals surface area (Å²) in [7, 11) is 1.37. The van der Waals surface area contributed by atoms with Crippen molar-refractivity contribution in [2.24, 2.45) is 0 Å². The van der Waals surface area contributed by atoms with Crippen molar-refractivity contribution in [2.45, 2.75) is 13.2 Å². The molecule has 1 atom stereocenters. The van der Waals surface area contributed by atoms with Gasteiger partial charge in [-0.15, -0.1) is 0 Å². The monoisotopic (exact) mass is 198 g/mol. The largest absolute Gasteiger partial charge is 0.457 e. The number of carbonyl (C=O) groups is 1. The molecule has 0 saturated heterocycles. The Morgan fingerprint density at radius 3 is 2.36 bits per heavy atom. The molecule has 0 saturated carbocycles. The molecule has 0 aliphatic carbocycles. The minimum absolute atomic E-state index is 0.239. The summed E-state index contributed by atoms with van der Waals surface area (Å²) in [6.07, 6.45) is -0.930. The third kappa shape index (κ3) is 2.81. The molecule has 0 fully saturated rings. The molecular weight excluding hydrogens is 187 g/mol. The maximum atomic E-state index is 12.5. The lowest BCUT2D eigenvalue weighted by molar-refractivity contribution is -0.143. The third-order valence-electron chi connectivity index (χ3n) is 1.60. The van der Waals surface area contributed by atoms with Crippen LogP contribution in [0.5, 0.6) is 5.75 Å². The number of ketones is 1. The van der Waals surface area contributed by atoms with E-state index in [4.69, 9.17) is 9.47 Å². The number of methoxy groups -OCH3 is 1. The molecule has 0 bridgehead atoms. The highest BCUT2D eigenvalue weighted by atomic mass is 19.1. The first-order valence-corrected chi connectivity index (χ1v) is 4.09. The molecule has 1 aromatic rings. The molecule has 0 aliphatic heterocycles. The van der Waals surface area contributed by atoms with Crippen LogP contribution in [0.3, 0.4) is 0 Å². The van der Waals surface area contributed by atoms with E-state index in [2.05, 4.69) is 0 Å². The van der Waals surface area contributed by atoms with Crippen LogP contribution in [0.1, 0.15) is 6.92 Å². The quantitative estimate of drug-likeness (QED) is 0.691. The zero-order valence-electron chi connectivity index (χ0n) is 7.99. The summed E-state index contributed by atoms with van der Waals surface area (Å²) in [6.45, 7) is 1.36. The van der Waals surface area contributed by atoms with Crippen molar-refractivity contribution in [3.05, 3.63) is 30.1 Å². The molecule has 14 heavy (non-hydrogen) atoms. The second-order valence-electron chi connectivity index (χ2n) is 2.75. The highest BCUT2D eigenvalue weighted by Crippen LogP contribution is 2.13. The molecular formula is C10H11FO3. The summed E-state index contributed by atoms with van der Waals surface area (Å²) < 4.78 is 22.4. The van der Waals surface area contributed by atoms with Crippen LogP contribution in [0.25, 0.3) is 0 Å². The molecule has 3 nitrogen and oxygen atoms in total. The number of carbonyl (C=O) groups excluding carboxylic acids is 1. The number of rotatable bonds is 4. The van der Waals surface area contributed by atoms with Gasteiger partial charge in [-0.05, 0) is 24.3 Å². The lowest BCUT2D eigenvalue weighted by Crippen LogP contribution is -2.26. The van der Waals surface area contributed by atoms with Crippen molar-refractivity contribution < 1.29 is 18.7 Å². The predicted octanol–water partition coefficient (Wildman–Crippen LogP) is 1.77. The summed E-state index contributed by atoms with van der Waals surface area (Å²) >= 11 is 0. The van der Waals surface area contributed by atoms with Crippen LogP contribution in [0.4, 0.5) is 4.39 Å². The van der Waals surface area contributed by atoms with Crippen molar-refractivity contribution in [3.63, 3.8) is 0 Å². The highest BCUT2D eigenvalue weighted by Gasteiger charge is 2.14. The Kier molecular flexibility index (Phi) is 3.59. The Balaban J connectivity index is 2.67. The Morgan fingerprint density at radius 1 is 1.36 bits per heavy atom. The molecule has 0 heterocycles. The van der Waals surface area contributed by atoms with Gasteiger partial charge < -0.3 is 9.47 Å². The second-order valence-corrected chi connectivity index (χ2v) is 2.75. The summed E-state index contributed by atoms with van der Waals surface area (Å²) in [5.74, 6) is -0.195. The summed E-state index contributed by atoms with van der Waals surface area (Å²) in [4.78, 5) is 10.9. The van der Waals surface area contributed by atoms with Gasteiger partial charge in [-0.1, -0.05) is 0 Å². The van der Waals surface area contributed by atoms with Crippen LogP contribution < -0.4 is 4.74 Å². The van der Waals surface area contributed by atoms with E-state index in [1.54, 1.807) is 0 Å². The standard InChI is InChI=1S/C10H11FO3/c1-7(12)10(13-2)14-9-5-3-8(11)4-6-9/h3-6,10H,1-2H3. The number of halogens is 1. The molecule has 1 unspecified atom stereocenters. The lowest BCUT2D eigenvalue weighted by Gasteiger charge is -2.13. The third-order valence-corrected chi connectivity index (χ3v) is 1.60. The minimum Gasteiger partial charge on any atom is -0.457 e. The minimum atomic E-state index is -0.930. The SMILES string of the molecule is COC(Oc1ccc(F)cc1)C(C)=O. The van der Waals surface area contributed by atoms with E-state index in [-0.39, 0.29) is 11.6 Å². The molecule has 1 aromatic carbocycles. The first-order valence-electron chi connectivity index (χ1n) is 4.09. The van der Waals surface area contributed by atoms with Crippen molar-refractivity contribution in [1.29, 1.82) is 0 Å². The van der Waals surface area contributed by atoms with E-state index in [9.17, 15) is 9.18 Å². The van der Waals surface area contributed by atoms with E-state index >= 15 is 0 Å². The van der Waals surface area contributed by atoms with Crippen LogP contribution in [0, 0.1) is 5.82 Å². The van der Waals surface area contributed by atoms with E-state index < -0.39 is 6.29 Å². The molecule has 0 spiro atoms. The van der Waals surface area contributed by atoms with Gasteiger partial charge in [-0.3, -0.25) is 4.79 Å². The number of hydrogen-bond acceptors (Lipinski definition) is 3. The van der Waals surface area contributed by atoms with Gasteiger partial charge in [-0.2, -0.15) is 0 Å². The zero-order valence-corrected chi connectivity index (χ0v) is 7.99. The molecule has 76 valence electrons. The van der Waals surface area contributed by atoms with Crippen LogP contribution in [-0.4, -0.2) is 19.2 Å². The van der Waals surface area contributed by atoms with Gasteiger partial charge in [0.05, 0.1) is 0 Å². The highest BCUT2D eigenvalue weighted by molar-refractivity contribution is 5.79. The van der Waals surface area contributed by atoms with Crippen molar-refractivity contribution in [2.75, 3.05) is 7.11 Å². The van der Waals surface area contributed by atoms with E-state index in [1.807, 2.05) is 0 Å². The Hall–Kier alpha value is -1.42. The summed E-state index contributed by atoms with van der Waals surface area (Å²) in [5.41, 5.74) is 0. The van der Waals surface area contributed by atoms with Crippen molar-refractivity contribution in [1.82, 2.24) is 0 Å². The molecule has 0 aromatic heterocycles. The molecule has 4 heteroatoms. The molecule has 0 N–H and O–H groups in total. The van der Waals surface area contributed by atoms with Crippen LogP contribution in [0.2, 0.25) is 0 Å². The normalized spacial score (nSPS) is 12.2. The smallest absolute Gasteiger partial charge is 0.259 e. The molecule has 0 aliphatic rings. The summed E-state index contributed by atoms with van der Waals surface area (Å²) in [5, 5.41) is 0. The van der Waals surface area contributed by atoms with Gasteiger partial charge in [0.2, 0.25) is 0 Å². The van der Waals surface area contributed by atoms with Crippen LogP contribution in [0.15, 0.2) is 24.3 Å². The Bertz CT molecular complexity index is 308. The van der Waals surface area contributed by atoms with Crippen molar-refractivity contribution in [3.8, 4) is 5.75 Å². The number of hydrogen-bond donors (Lipinski definition) is 0. The zero-order chi connectivity index (χ0) is 10.6. The first-order chi connectivity index (χ1) is 6.63. The fourth-order valence-corrected chi connectivity index (χ4v) is 0.934. The van der Waals surface area contributed by atoms with Crippen LogP contribution in [-0.2, 0) is 9.53 Å². The number of benzene rings is 1. The van der Waals surface area contributed by atoms with Crippen LogP contribution >= 0.6 is 0 Å². The van der Waals surface area contributed by atoms with Crippen molar-refractivity contribution >= 4 is 5.78 Å². The second kappa shape index (κ2) is 4.72. The van der Waals surface area contributed by atoms with E-state index in [1.165, 1.54) is 38.3 Å². The van der Waals surface area contributed by atoms with Gasteiger partial charge in [0, 0.05) is 14.0 Å². The average molecular weight is 198 g/mol. The van der Waals surface area contributed by atoms with E-state index in [0.717, 1.165) is 0 Å². The lowest BCUT2D eigenvalue weighted by atomic mass is 10.3. The maximum absolute atomic E-state index is 12.5. The molecule has 0 amide bonds. The predicted molar refractivity (Wildman–Crippen MR) is 48.5 cm³/mol.